The van der Waals surface area contributed by atoms with Crippen molar-refractivity contribution in [3.05, 3.63) is 34.2 Å². The van der Waals surface area contributed by atoms with Crippen LogP contribution in [0.3, 0.4) is 0 Å². The van der Waals surface area contributed by atoms with Crippen LogP contribution in [0.25, 0.3) is 11.0 Å². The van der Waals surface area contributed by atoms with Crippen molar-refractivity contribution in [1.82, 2.24) is 9.55 Å². The molecule has 0 aliphatic carbocycles. The Balaban J connectivity index is 2.66. The van der Waals surface area contributed by atoms with E-state index in [2.05, 4.69) is 4.98 Å². The Bertz CT molecular complexity index is 716. The van der Waals surface area contributed by atoms with Gasteiger partial charge in [0.1, 0.15) is 0 Å². The molecule has 0 fully saturated rings. The Labute approximate surface area is 111 Å². The number of carboxylic acids is 1. The summed E-state index contributed by atoms with van der Waals surface area (Å²) in [6.07, 6.45) is 1.57. The zero-order chi connectivity index (χ0) is 14.2. The molecular weight excluding hydrogens is 268 g/mol. The van der Waals surface area contributed by atoms with Crippen molar-refractivity contribution in [3.8, 4) is 0 Å². The summed E-state index contributed by atoms with van der Waals surface area (Å²) >= 11 is 0. The first kappa shape index (κ1) is 13.5. The highest BCUT2D eigenvalue weighted by Crippen LogP contribution is 2.19. The number of hydrogen-bond acceptors (Lipinski definition) is 3. The minimum absolute atomic E-state index is 0.0539. The highest BCUT2D eigenvalue weighted by atomic mass is 32.2. The number of carbonyl (C=O) groups is 1. The summed E-state index contributed by atoms with van der Waals surface area (Å²) < 4.78 is 12.7. The van der Waals surface area contributed by atoms with Crippen molar-refractivity contribution >= 4 is 27.8 Å². The first-order valence-corrected chi connectivity index (χ1v) is 7.41. The van der Waals surface area contributed by atoms with E-state index in [-0.39, 0.29) is 17.3 Å². The number of aromatic carboxylic acids is 1. The molecule has 0 bridgehead atoms. The van der Waals surface area contributed by atoms with Crippen LogP contribution in [0.1, 0.15) is 23.3 Å². The highest BCUT2D eigenvalue weighted by molar-refractivity contribution is 7.84. The van der Waals surface area contributed by atoms with Gasteiger partial charge < -0.3 is 10.1 Å². The van der Waals surface area contributed by atoms with Gasteiger partial charge in [0, 0.05) is 28.9 Å². The van der Waals surface area contributed by atoms with Gasteiger partial charge in [-0.3, -0.25) is 8.78 Å². The molecule has 1 aromatic heterocycles. The first-order chi connectivity index (χ1) is 8.91. The van der Waals surface area contributed by atoms with E-state index >= 15 is 0 Å². The average Bonchev–Trinajstić information content (AvgIpc) is 2.63. The number of para-hydroxylation sites is 1. The maximum absolute atomic E-state index is 12.0. The number of imidazole rings is 1. The lowest BCUT2D eigenvalue weighted by Gasteiger charge is -2.11. The number of aromatic amines is 1. The lowest BCUT2D eigenvalue weighted by Crippen LogP contribution is -2.23. The number of carboxylic acid groups (broad SMARTS) is 1. The van der Waals surface area contributed by atoms with Crippen LogP contribution in [-0.4, -0.2) is 36.8 Å². The molecule has 2 atom stereocenters. The third-order valence-electron chi connectivity index (χ3n) is 2.90. The molecule has 6 nitrogen and oxygen atoms in total. The summed E-state index contributed by atoms with van der Waals surface area (Å²) in [6, 6.07) is 4.43. The molecule has 0 spiro atoms. The van der Waals surface area contributed by atoms with Gasteiger partial charge in [0.05, 0.1) is 16.6 Å². The maximum Gasteiger partial charge on any atom is 0.337 e. The fraction of sp³-hybridized carbons (Fsp3) is 0.333. The predicted octanol–water partition coefficient (Wildman–Crippen LogP) is 0.967. The van der Waals surface area contributed by atoms with Crippen LogP contribution in [0, 0.1) is 0 Å². The molecule has 0 radical (unpaired) electrons. The van der Waals surface area contributed by atoms with E-state index in [1.807, 2.05) is 0 Å². The standard InChI is InChI=1S/C12H14N2O4S/c1-7(6-19(2)18)14-9-5-3-4-8(11(15)16)10(9)13-12(14)17/h3-5,7H,6H2,1-2H3,(H,13,17)(H,15,16). The molecule has 2 unspecified atom stereocenters. The molecule has 2 aromatic rings. The molecular formula is C12H14N2O4S. The minimum atomic E-state index is -1.09. The van der Waals surface area contributed by atoms with Gasteiger partial charge in [0.15, 0.2) is 0 Å². The number of fused-ring (bicyclic) bond motifs is 1. The molecule has 0 amide bonds. The number of H-pyrrole nitrogens is 1. The van der Waals surface area contributed by atoms with Gasteiger partial charge in [0.25, 0.3) is 0 Å². The normalized spacial score (nSPS) is 14.4. The van der Waals surface area contributed by atoms with Crippen LogP contribution in [0.15, 0.2) is 23.0 Å². The average molecular weight is 282 g/mol. The second-order valence-corrected chi connectivity index (χ2v) is 5.87. The summed E-state index contributed by atoms with van der Waals surface area (Å²) in [6.45, 7) is 1.78. The summed E-state index contributed by atoms with van der Waals surface area (Å²) in [5.74, 6) is -0.754. The van der Waals surface area contributed by atoms with Gasteiger partial charge in [-0.05, 0) is 19.1 Å². The maximum atomic E-state index is 12.0. The van der Waals surface area contributed by atoms with Gasteiger partial charge in [0.2, 0.25) is 0 Å². The first-order valence-electron chi connectivity index (χ1n) is 5.68. The predicted molar refractivity (Wildman–Crippen MR) is 73.2 cm³/mol. The van der Waals surface area contributed by atoms with E-state index in [0.717, 1.165) is 0 Å². The topological polar surface area (TPSA) is 92.2 Å². The zero-order valence-corrected chi connectivity index (χ0v) is 11.4. The quantitative estimate of drug-likeness (QED) is 0.874. The molecule has 2 N–H and O–H groups in total. The number of aromatic nitrogens is 2. The number of hydrogen-bond donors (Lipinski definition) is 2. The Kier molecular flexibility index (Phi) is 3.57. The second kappa shape index (κ2) is 5.00. The Morgan fingerprint density at radius 2 is 2.21 bits per heavy atom. The molecule has 7 heteroatoms. The third kappa shape index (κ3) is 2.46. The Morgan fingerprint density at radius 3 is 2.79 bits per heavy atom. The van der Waals surface area contributed by atoms with Crippen molar-refractivity contribution in [2.75, 3.05) is 12.0 Å². The third-order valence-corrected chi connectivity index (χ3v) is 3.85. The highest BCUT2D eigenvalue weighted by Gasteiger charge is 2.18. The van der Waals surface area contributed by atoms with Crippen molar-refractivity contribution in [1.29, 1.82) is 0 Å². The monoisotopic (exact) mass is 282 g/mol. The van der Waals surface area contributed by atoms with Gasteiger partial charge in [-0.15, -0.1) is 0 Å². The van der Waals surface area contributed by atoms with Crippen LogP contribution < -0.4 is 5.69 Å². The van der Waals surface area contributed by atoms with Gasteiger partial charge in [-0.1, -0.05) is 6.07 Å². The Morgan fingerprint density at radius 1 is 1.53 bits per heavy atom. The lowest BCUT2D eigenvalue weighted by molar-refractivity contribution is 0.0699. The molecule has 0 aliphatic heterocycles. The van der Waals surface area contributed by atoms with Gasteiger partial charge >= 0.3 is 11.7 Å². The van der Waals surface area contributed by atoms with Crippen molar-refractivity contribution < 1.29 is 14.1 Å². The molecule has 1 heterocycles. The van der Waals surface area contributed by atoms with Crippen LogP contribution in [0.2, 0.25) is 0 Å². The van der Waals surface area contributed by atoms with Crippen LogP contribution in [0.4, 0.5) is 0 Å². The van der Waals surface area contributed by atoms with Crippen LogP contribution in [-0.2, 0) is 10.8 Å². The van der Waals surface area contributed by atoms with E-state index in [0.29, 0.717) is 16.8 Å². The summed E-state index contributed by atoms with van der Waals surface area (Å²) in [7, 11) is -1.04. The molecule has 0 saturated carbocycles. The molecule has 1 aromatic carbocycles. The molecule has 102 valence electrons. The number of benzene rings is 1. The molecule has 19 heavy (non-hydrogen) atoms. The fourth-order valence-corrected chi connectivity index (χ4v) is 3.01. The Hall–Kier alpha value is -1.89. The van der Waals surface area contributed by atoms with Crippen molar-refractivity contribution in [2.24, 2.45) is 0 Å². The summed E-state index contributed by atoms with van der Waals surface area (Å²) in [5, 5.41) is 9.09. The van der Waals surface area contributed by atoms with Crippen LogP contribution >= 0.6 is 0 Å². The van der Waals surface area contributed by atoms with Gasteiger partial charge in [-0.2, -0.15) is 0 Å². The molecule has 2 rings (SSSR count). The minimum Gasteiger partial charge on any atom is -0.478 e. The number of nitrogens with zero attached hydrogens (tertiary/aromatic N) is 1. The lowest BCUT2D eigenvalue weighted by atomic mass is 10.2. The SMILES string of the molecule is CC(CS(C)=O)n1c(=O)[nH]c2c(C(=O)O)cccc21. The molecule has 0 saturated heterocycles. The number of nitrogens with one attached hydrogen (secondary N) is 1. The van der Waals surface area contributed by atoms with E-state index in [4.69, 9.17) is 5.11 Å². The smallest absolute Gasteiger partial charge is 0.337 e. The van der Waals surface area contributed by atoms with E-state index in [1.54, 1.807) is 25.3 Å². The molecule has 0 aliphatic rings. The van der Waals surface area contributed by atoms with Gasteiger partial charge in [-0.25, -0.2) is 9.59 Å². The van der Waals surface area contributed by atoms with Crippen molar-refractivity contribution in [2.45, 2.75) is 13.0 Å². The summed E-state index contributed by atoms with van der Waals surface area (Å²) in [5.41, 5.74) is 0.483. The van der Waals surface area contributed by atoms with Crippen molar-refractivity contribution in [3.63, 3.8) is 0 Å². The largest absolute Gasteiger partial charge is 0.478 e. The second-order valence-electron chi connectivity index (χ2n) is 4.39. The zero-order valence-electron chi connectivity index (χ0n) is 10.5. The van der Waals surface area contributed by atoms with E-state index in [9.17, 15) is 13.8 Å². The number of rotatable bonds is 4. The fourth-order valence-electron chi connectivity index (χ4n) is 2.18. The van der Waals surface area contributed by atoms with Crippen LogP contribution in [0.5, 0.6) is 0 Å². The summed E-state index contributed by atoms with van der Waals surface area (Å²) in [4.78, 5) is 25.6. The van der Waals surface area contributed by atoms with E-state index < -0.39 is 16.8 Å². The van der Waals surface area contributed by atoms with E-state index in [1.165, 1.54) is 10.6 Å².